The number of amides is 3. The number of anilines is 3. The van der Waals surface area contributed by atoms with E-state index < -0.39 is 17.1 Å². The van der Waals surface area contributed by atoms with Crippen molar-refractivity contribution in [3.05, 3.63) is 161 Å². The zero-order chi connectivity index (χ0) is 31.6. The molecule has 0 aliphatic heterocycles. The van der Waals surface area contributed by atoms with Crippen LogP contribution in [0.5, 0.6) is 0 Å². The molecule has 0 spiro atoms. The van der Waals surface area contributed by atoms with Crippen LogP contribution in [-0.2, 0) is 9.59 Å². The second-order valence-corrected chi connectivity index (χ2v) is 11.8. The Balaban J connectivity index is 1.30. The predicted molar refractivity (Wildman–Crippen MR) is 184 cm³/mol. The van der Waals surface area contributed by atoms with Gasteiger partial charge in [-0.15, -0.1) is 11.8 Å². The Hall–Kier alpha value is -5.11. The number of nitrogens with one attached hydrogen (secondary N) is 2. The molecule has 3 amide bonds. The van der Waals surface area contributed by atoms with E-state index in [0.717, 1.165) is 16.3 Å². The third kappa shape index (κ3) is 8.29. The SMILES string of the molecule is CC(Sc1ccc(NC(=O)/C(=C/c2ccccc2Cl)NC(=O)c2ccccc2)cc1)C(=O)N(c1ccccc1)c1ccccc1. The summed E-state index contributed by atoms with van der Waals surface area (Å²) >= 11 is 7.76. The van der Waals surface area contributed by atoms with E-state index in [1.165, 1.54) is 11.8 Å². The molecule has 1 atom stereocenters. The van der Waals surface area contributed by atoms with Crippen molar-refractivity contribution in [2.24, 2.45) is 0 Å². The van der Waals surface area contributed by atoms with Crippen molar-refractivity contribution >= 4 is 64.2 Å². The number of hydrogen-bond acceptors (Lipinski definition) is 4. The monoisotopic (exact) mass is 631 g/mol. The molecular formula is C37H30ClN3O3S. The third-order valence-corrected chi connectivity index (χ3v) is 8.20. The van der Waals surface area contributed by atoms with Crippen LogP contribution in [0.25, 0.3) is 6.08 Å². The van der Waals surface area contributed by atoms with Gasteiger partial charge < -0.3 is 10.6 Å². The minimum Gasteiger partial charge on any atom is -0.321 e. The molecule has 224 valence electrons. The summed E-state index contributed by atoms with van der Waals surface area (Å²) in [4.78, 5) is 42.6. The second kappa shape index (κ2) is 15.1. The first kappa shape index (κ1) is 31.3. The maximum Gasteiger partial charge on any atom is 0.272 e. The van der Waals surface area contributed by atoms with Gasteiger partial charge in [-0.1, -0.05) is 84.4 Å². The van der Waals surface area contributed by atoms with E-state index in [2.05, 4.69) is 10.6 Å². The standard InChI is InChI=1S/C37H30ClN3O3S/c1-26(37(44)41(30-16-7-3-8-17-30)31-18-9-4-10-19-31)45-32-23-21-29(22-24-32)39-36(43)34(25-28-15-11-12-20-33(28)38)40-35(42)27-13-5-2-6-14-27/h2-26H,1H3,(H,39,43)(H,40,42)/b34-25-. The van der Waals surface area contributed by atoms with E-state index in [1.807, 2.05) is 85.8 Å². The van der Waals surface area contributed by atoms with Crippen LogP contribution in [-0.4, -0.2) is 23.0 Å². The topological polar surface area (TPSA) is 78.5 Å². The summed E-state index contributed by atoms with van der Waals surface area (Å²) in [7, 11) is 0. The Morgan fingerprint density at radius 3 is 1.82 bits per heavy atom. The number of hydrogen-bond donors (Lipinski definition) is 2. The summed E-state index contributed by atoms with van der Waals surface area (Å²) in [5.41, 5.74) is 3.15. The molecule has 0 bridgehead atoms. The Morgan fingerprint density at radius 1 is 0.711 bits per heavy atom. The summed E-state index contributed by atoms with van der Waals surface area (Å²) in [6.07, 6.45) is 1.54. The second-order valence-electron chi connectivity index (χ2n) is 9.98. The first-order valence-corrected chi connectivity index (χ1v) is 15.5. The van der Waals surface area contributed by atoms with Gasteiger partial charge in [0.1, 0.15) is 5.70 Å². The maximum atomic E-state index is 13.7. The van der Waals surface area contributed by atoms with Crippen LogP contribution in [0.2, 0.25) is 5.02 Å². The molecule has 2 N–H and O–H groups in total. The molecule has 0 saturated carbocycles. The molecule has 5 aromatic carbocycles. The van der Waals surface area contributed by atoms with Crippen molar-refractivity contribution in [2.75, 3.05) is 10.2 Å². The van der Waals surface area contributed by atoms with E-state index in [4.69, 9.17) is 11.6 Å². The zero-order valence-corrected chi connectivity index (χ0v) is 26.0. The first-order chi connectivity index (χ1) is 21.9. The lowest BCUT2D eigenvalue weighted by Gasteiger charge is -2.26. The van der Waals surface area contributed by atoms with Gasteiger partial charge in [0, 0.05) is 32.5 Å². The fraction of sp³-hybridized carbons (Fsp3) is 0.0541. The quantitative estimate of drug-likeness (QED) is 0.120. The van der Waals surface area contributed by atoms with Crippen LogP contribution >= 0.6 is 23.4 Å². The average Bonchev–Trinajstić information content (AvgIpc) is 3.07. The highest BCUT2D eigenvalue weighted by Crippen LogP contribution is 2.31. The van der Waals surface area contributed by atoms with E-state index >= 15 is 0 Å². The number of rotatable bonds is 10. The molecule has 0 saturated heterocycles. The average molecular weight is 632 g/mol. The van der Waals surface area contributed by atoms with Crippen LogP contribution in [0.4, 0.5) is 17.1 Å². The molecule has 5 aromatic rings. The molecule has 5 rings (SSSR count). The largest absolute Gasteiger partial charge is 0.321 e. The smallest absolute Gasteiger partial charge is 0.272 e. The van der Waals surface area contributed by atoms with Crippen LogP contribution in [0.3, 0.4) is 0 Å². The molecule has 6 nitrogen and oxygen atoms in total. The summed E-state index contributed by atoms with van der Waals surface area (Å²) in [5, 5.41) is 5.62. The van der Waals surface area contributed by atoms with Crippen LogP contribution in [0.1, 0.15) is 22.8 Å². The lowest BCUT2D eigenvalue weighted by Crippen LogP contribution is -2.32. The van der Waals surface area contributed by atoms with Gasteiger partial charge in [-0.25, -0.2) is 0 Å². The minimum atomic E-state index is -0.510. The highest BCUT2D eigenvalue weighted by atomic mass is 35.5. The van der Waals surface area contributed by atoms with Gasteiger partial charge in [-0.05, 0) is 85.3 Å². The number of carbonyl (C=O) groups is 3. The van der Waals surface area contributed by atoms with Gasteiger partial charge in [-0.3, -0.25) is 19.3 Å². The van der Waals surface area contributed by atoms with Crippen LogP contribution < -0.4 is 15.5 Å². The highest BCUT2D eigenvalue weighted by Gasteiger charge is 2.24. The third-order valence-electron chi connectivity index (χ3n) is 6.76. The van der Waals surface area contributed by atoms with Crippen molar-refractivity contribution in [3.63, 3.8) is 0 Å². The summed E-state index contributed by atoms with van der Waals surface area (Å²) in [6.45, 7) is 1.88. The summed E-state index contributed by atoms with van der Waals surface area (Å²) < 4.78 is 0. The fourth-order valence-electron chi connectivity index (χ4n) is 4.50. The van der Waals surface area contributed by atoms with Crippen LogP contribution in [0, 0.1) is 0 Å². The van der Waals surface area contributed by atoms with Crippen molar-refractivity contribution < 1.29 is 14.4 Å². The molecule has 0 aromatic heterocycles. The fourth-order valence-corrected chi connectivity index (χ4v) is 5.60. The molecule has 0 heterocycles. The van der Waals surface area contributed by atoms with Crippen molar-refractivity contribution in [3.8, 4) is 0 Å². The molecule has 0 aliphatic carbocycles. The predicted octanol–water partition coefficient (Wildman–Crippen LogP) is 8.60. The van der Waals surface area contributed by atoms with E-state index in [9.17, 15) is 14.4 Å². The number of benzene rings is 5. The molecule has 0 aliphatic rings. The van der Waals surface area contributed by atoms with Gasteiger partial charge in [0.25, 0.3) is 11.8 Å². The lowest BCUT2D eigenvalue weighted by molar-refractivity contribution is -0.117. The summed E-state index contributed by atoms with van der Waals surface area (Å²) in [6, 6.07) is 42.0. The lowest BCUT2D eigenvalue weighted by atomic mass is 10.1. The molecule has 0 radical (unpaired) electrons. The summed E-state index contributed by atoms with van der Waals surface area (Å²) in [5.74, 6) is -0.989. The minimum absolute atomic E-state index is 0.0385. The Morgan fingerprint density at radius 2 is 1.24 bits per heavy atom. The molecular weight excluding hydrogens is 602 g/mol. The van der Waals surface area contributed by atoms with E-state index in [-0.39, 0.29) is 11.6 Å². The molecule has 0 fully saturated rings. The number of carbonyl (C=O) groups excluding carboxylic acids is 3. The van der Waals surface area contributed by atoms with Crippen molar-refractivity contribution in [1.29, 1.82) is 0 Å². The molecule has 8 heteroatoms. The Bertz CT molecular complexity index is 1760. The zero-order valence-electron chi connectivity index (χ0n) is 24.4. The molecule has 45 heavy (non-hydrogen) atoms. The van der Waals surface area contributed by atoms with Gasteiger partial charge in [0.2, 0.25) is 5.91 Å². The van der Waals surface area contributed by atoms with Gasteiger partial charge in [0.15, 0.2) is 0 Å². The normalized spacial score (nSPS) is 11.7. The number of para-hydroxylation sites is 2. The van der Waals surface area contributed by atoms with Gasteiger partial charge >= 0.3 is 0 Å². The Kier molecular flexibility index (Phi) is 10.5. The highest BCUT2D eigenvalue weighted by molar-refractivity contribution is 8.00. The number of thioether (sulfide) groups is 1. The molecule has 1 unspecified atom stereocenters. The number of nitrogens with zero attached hydrogens (tertiary/aromatic N) is 1. The van der Waals surface area contributed by atoms with Crippen molar-refractivity contribution in [2.45, 2.75) is 17.1 Å². The first-order valence-electron chi connectivity index (χ1n) is 14.2. The Labute approximate surface area is 271 Å². The van der Waals surface area contributed by atoms with Crippen LogP contribution in [0.15, 0.2) is 150 Å². The van der Waals surface area contributed by atoms with Gasteiger partial charge in [0.05, 0.1) is 5.25 Å². The number of halogens is 1. The van der Waals surface area contributed by atoms with Crippen molar-refractivity contribution in [1.82, 2.24) is 5.32 Å². The van der Waals surface area contributed by atoms with E-state index in [1.54, 1.807) is 71.6 Å². The van der Waals surface area contributed by atoms with Gasteiger partial charge in [-0.2, -0.15) is 0 Å². The maximum absolute atomic E-state index is 13.7. The van der Waals surface area contributed by atoms with E-state index in [0.29, 0.717) is 21.8 Å².